The first kappa shape index (κ1) is 67.9. The number of nitrogens with zero attached hydrogens (tertiary/aromatic N) is 2. The number of nitrogens with one attached hydrogen (secondary N) is 1. The number of benzene rings is 4. The van der Waals surface area contributed by atoms with Crippen molar-refractivity contribution in [1.29, 1.82) is 0 Å². The van der Waals surface area contributed by atoms with Crippen molar-refractivity contribution in [3.63, 3.8) is 0 Å². The highest BCUT2D eigenvalue weighted by Crippen LogP contribution is 2.45. The number of aliphatic imine (C=N–C) groups is 1. The minimum absolute atomic E-state index is 0.0500. The summed E-state index contributed by atoms with van der Waals surface area (Å²) in [6.45, 7) is 18.1. The summed E-state index contributed by atoms with van der Waals surface area (Å²) in [7, 11) is 0. The van der Waals surface area contributed by atoms with Crippen LogP contribution in [0.4, 0.5) is 32.0 Å². The van der Waals surface area contributed by atoms with Crippen LogP contribution in [0.1, 0.15) is 119 Å². The Labute approximate surface area is 469 Å². The number of amides is 1. The SMILES string of the molecule is C[C@H](C(=O)OC(C)(C)C)c1cc2c(c(C(=O)NCC(=O)OC(C)(C)C)c1-c1ccc(OCCN(CC(=O)OC(C)(C)C)Cc3ccccc3)cc1)OCCCc1cc(N=C(N)N)ccc1C(=O)O2.O=C(O)C(F)(F)F.O=C(O)C(F)(F)F. The zero-order chi connectivity index (χ0) is 62.1. The van der Waals surface area contributed by atoms with Gasteiger partial charge >= 0.3 is 48.2 Å². The number of carboxylic acids is 2. The number of ether oxygens (including phenoxy) is 6. The van der Waals surface area contributed by atoms with Gasteiger partial charge in [-0.05, 0) is 141 Å². The first-order chi connectivity index (χ1) is 37.7. The van der Waals surface area contributed by atoms with Crippen molar-refractivity contribution in [2.24, 2.45) is 16.5 Å². The fourth-order valence-electron chi connectivity index (χ4n) is 7.30. The summed E-state index contributed by atoms with van der Waals surface area (Å²) >= 11 is 0. The lowest BCUT2D eigenvalue weighted by molar-refractivity contribution is -0.193. The molecule has 0 spiro atoms. The van der Waals surface area contributed by atoms with E-state index >= 15 is 0 Å². The summed E-state index contributed by atoms with van der Waals surface area (Å²) < 4.78 is 99.1. The Hall–Kier alpha value is -8.42. The Morgan fingerprint density at radius 3 is 1.83 bits per heavy atom. The molecule has 1 aliphatic heterocycles. The number of nitrogens with two attached hydrogens (primary N) is 2. The topological polar surface area (TPSA) is 295 Å². The lowest BCUT2D eigenvalue weighted by Crippen LogP contribution is -2.36. The standard InChI is InChI=1S/C52H65N5O11.2C2HF3O2/c1-32(47(61)68-52(8,9)10)39-28-40-45(64-25-14-17-35-27-36(56-49(53)54)20-23-38(35)48(62)65-40)44(46(60)55-29-41(58)66-50(2,3)4)43(39)34-18-21-37(22-19-34)63-26-24-57(30-33-15-12-11-13-16-33)31-42(59)67-51(5,6)7;2*3-2(4,5)1(6)7/h11-13,15-16,18-23,27-28,32H,14,17,24-26,29-31H2,1-10H3,(H,55,60)(H4,53,54,56);2*(H,6,7)/t32-;;/m0../s1. The van der Waals surface area contributed by atoms with Crippen LogP contribution in [0.15, 0.2) is 83.9 Å². The molecule has 1 heterocycles. The number of hydrogen-bond donors (Lipinski definition) is 5. The third-order valence-corrected chi connectivity index (χ3v) is 10.5. The fourth-order valence-corrected chi connectivity index (χ4v) is 7.30. The number of aryl methyl sites for hydroxylation is 1. The average Bonchev–Trinajstić information content (AvgIpc) is 3.50. The van der Waals surface area contributed by atoms with Gasteiger partial charge in [-0.1, -0.05) is 42.5 Å². The second-order valence-corrected chi connectivity index (χ2v) is 21.0. The molecule has 1 atom stereocenters. The molecule has 4 aromatic carbocycles. The zero-order valence-electron chi connectivity index (χ0n) is 46.8. The first-order valence-electron chi connectivity index (χ1n) is 25.1. The third kappa shape index (κ3) is 23.3. The van der Waals surface area contributed by atoms with E-state index in [-0.39, 0.29) is 65.4 Å². The summed E-state index contributed by atoms with van der Waals surface area (Å²) in [5, 5.41) is 16.9. The maximum Gasteiger partial charge on any atom is 0.490 e. The maximum atomic E-state index is 14.7. The van der Waals surface area contributed by atoms with E-state index in [0.717, 1.165) is 5.56 Å². The summed E-state index contributed by atoms with van der Waals surface area (Å²) in [4.78, 5) is 92.5. The molecule has 5 rings (SSSR count). The van der Waals surface area contributed by atoms with Crippen molar-refractivity contribution in [3.05, 3.63) is 107 Å². The molecule has 0 aliphatic carbocycles. The molecule has 0 fully saturated rings. The Kier molecular flexibility index (Phi) is 23.9. The highest BCUT2D eigenvalue weighted by molar-refractivity contribution is 6.07. The van der Waals surface area contributed by atoms with Gasteiger partial charge in [-0.15, -0.1) is 0 Å². The van der Waals surface area contributed by atoms with E-state index in [4.69, 9.17) is 59.7 Å². The highest BCUT2D eigenvalue weighted by Gasteiger charge is 2.39. The van der Waals surface area contributed by atoms with Gasteiger partial charge < -0.3 is 55.4 Å². The van der Waals surface area contributed by atoms with E-state index in [1.54, 1.807) is 90.9 Å². The minimum Gasteiger partial charge on any atom is -0.492 e. The predicted octanol–water partition coefficient (Wildman–Crippen LogP) is 8.81. The van der Waals surface area contributed by atoms with E-state index < -0.39 is 77.4 Å². The zero-order valence-corrected chi connectivity index (χ0v) is 46.8. The van der Waals surface area contributed by atoms with Gasteiger partial charge in [0.1, 0.15) is 35.7 Å². The smallest absolute Gasteiger partial charge is 0.490 e. The number of carboxylic acid groups (broad SMARTS) is 2. The van der Waals surface area contributed by atoms with Crippen LogP contribution in [0.5, 0.6) is 17.2 Å². The molecule has 0 bridgehead atoms. The number of alkyl halides is 6. The van der Waals surface area contributed by atoms with E-state index in [1.165, 1.54) is 6.07 Å². The molecule has 0 aromatic heterocycles. The lowest BCUT2D eigenvalue weighted by atomic mass is 9.86. The minimum atomic E-state index is -5.08. The maximum absolute atomic E-state index is 14.7. The third-order valence-electron chi connectivity index (χ3n) is 10.5. The number of carbonyl (C=O) groups is 7. The van der Waals surface area contributed by atoms with Gasteiger partial charge in [-0.25, -0.2) is 19.4 Å². The van der Waals surface area contributed by atoms with Crippen LogP contribution in [0, 0.1) is 0 Å². The summed E-state index contributed by atoms with van der Waals surface area (Å²) in [6, 6.07) is 23.0. The van der Waals surface area contributed by atoms with Crippen molar-refractivity contribution in [2.75, 3.05) is 32.8 Å². The van der Waals surface area contributed by atoms with E-state index in [0.29, 0.717) is 48.5 Å². The largest absolute Gasteiger partial charge is 0.492 e. The quantitative estimate of drug-likeness (QED) is 0.0185. The number of halogens is 6. The Morgan fingerprint density at radius 1 is 0.756 bits per heavy atom. The Morgan fingerprint density at radius 2 is 1.30 bits per heavy atom. The van der Waals surface area contributed by atoms with Crippen molar-refractivity contribution < 1.29 is 98.5 Å². The normalized spacial score (nSPS) is 13.0. The van der Waals surface area contributed by atoms with Gasteiger partial charge in [-0.2, -0.15) is 26.3 Å². The summed E-state index contributed by atoms with van der Waals surface area (Å²) in [6.07, 6.45) is -9.41. The second-order valence-electron chi connectivity index (χ2n) is 21.0. The lowest BCUT2D eigenvalue weighted by Gasteiger charge is -2.27. The van der Waals surface area contributed by atoms with Crippen LogP contribution in [-0.2, 0) is 51.1 Å². The van der Waals surface area contributed by atoms with Gasteiger partial charge in [0.2, 0.25) is 0 Å². The first-order valence-corrected chi connectivity index (χ1v) is 25.1. The Balaban J connectivity index is 0.00000111. The van der Waals surface area contributed by atoms with Crippen LogP contribution in [0.2, 0.25) is 0 Å². The van der Waals surface area contributed by atoms with Crippen molar-refractivity contribution in [2.45, 2.75) is 124 Å². The van der Waals surface area contributed by atoms with E-state index in [1.807, 2.05) is 56.0 Å². The Bertz CT molecular complexity index is 2900. The molecular weight excluding hydrogens is 1100 g/mol. The molecule has 1 amide bonds. The molecule has 0 saturated carbocycles. The number of hydrogen-bond acceptors (Lipinski definition) is 15. The molecule has 4 aromatic rings. The highest BCUT2D eigenvalue weighted by atomic mass is 19.4. The fraction of sp³-hybridized carbons (Fsp3) is 0.429. The molecule has 20 nitrogen and oxygen atoms in total. The average molecular weight is 1160 g/mol. The summed E-state index contributed by atoms with van der Waals surface area (Å²) in [5.41, 5.74) is 12.1. The molecule has 26 heteroatoms. The van der Waals surface area contributed by atoms with Crippen LogP contribution >= 0.6 is 0 Å². The molecule has 0 saturated heterocycles. The van der Waals surface area contributed by atoms with Crippen LogP contribution in [-0.4, -0.2) is 125 Å². The predicted molar refractivity (Wildman–Crippen MR) is 285 cm³/mol. The number of fused-ring (bicyclic) bond motifs is 2. The van der Waals surface area contributed by atoms with Crippen molar-refractivity contribution in [3.8, 4) is 28.4 Å². The van der Waals surface area contributed by atoms with Crippen LogP contribution in [0.3, 0.4) is 0 Å². The van der Waals surface area contributed by atoms with Crippen LogP contribution in [0.25, 0.3) is 11.1 Å². The number of guanidine groups is 1. The van der Waals surface area contributed by atoms with Crippen LogP contribution < -0.4 is 31.0 Å². The summed E-state index contributed by atoms with van der Waals surface area (Å²) in [5.74, 6) is -9.63. The second kappa shape index (κ2) is 28.8. The number of aliphatic carboxylic acids is 2. The molecule has 7 N–H and O–H groups in total. The van der Waals surface area contributed by atoms with Crippen molar-refractivity contribution in [1.82, 2.24) is 10.2 Å². The molecule has 0 unspecified atom stereocenters. The number of esters is 4. The molecule has 82 heavy (non-hydrogen) atoms. The number of carbonyl (C=O) groups excluding carboxylic acids is 5. The molecule has 448 valence electrons. The molecule has 0 radical (unpaired) electrons. The number of rotatable bonds is 15. The van der Waals surface area contributed by atoms with E-state index in [2.05, 4.69) is 10.3 Å². The van der Waals surface area contributed by atoms with Gasteiger partial charge in [0.25, 0.3) is 5.91 Å². The van der Waals surface area contributed by atoms with Gasteiger partial charge in [0.15, 0.2) is 17.5 Å². The van der Waals surface area contributed by atoms with E-state index in [9.17, 15) is 50.3 Å². The molecule has 1 aliphatic rings. The monoisotopic (exact) mass is 1160 g/mol. The van der Waals surface area contributed by atoms with Gasteiger partial charge in [-0.3, -0.25) is 24.1 Å². The van der Waals surface area contributed by atoms with Gasteiger partial charge in [0, 0.05) is 18.7 Å². The van der Waals surface area contributed by atoms with Gasteiger partial charge in [0.05, 0.1) is 35.9 Å². The van der Waals surface area contributed by atoms with Crippen molar-refractivity contribution >= 4 is 53.4 Å². The molecular formula is C56H67F6N5O15.